The lowest BCUT2D eigenvalue weighted by molar-refractivity contribution is -0.168. The Bertz CT molecular complexity index is 863. The molecule has 2 aliphatic heterocycles. The number of Topliss-reactive ketones (excluding diaryl/α,β-unsaturated/α-hetero) is 2. The zero-order chi connectivity index (χ0) is 24.4. The van der Waals surface area contributed by atoms with Crippen LogP contribution in [-0.4, -0.2) is 41.4 Å². The number of benzene rings is 1. The zero-order valence-electron chi connectivity index (χ0n) is 20.8. The van der Waals surface area contributed by atoms with Crippen molar-refractivity contribution in [1.82, 2.24) is 0 Å². The normalized spacial score (nSPS) is 35.3. The Hall–Kier alpha value is -2.05. The minimum Gasteiger partial charge on any atom is -0.461 e. The summed E-state index contributed by atoms with van der Waals surface area (Å²) in [6, 6.07) is 9.66. The predicted molar refractivity (Wildman–Crippen MR) is 124 cm³/mol. The molecule has 182 valence electrons. The lowest BCUT2D eigenvalue weighted by atomic mass is 9.77. The predicted octanol–water partition coefficient (Wildman–Crippen LogP) is 4.67. The molecule has 0 amide bonds. The van der Waals surface area contributed by atoms with Crippen LogP contribution < -0.4 is 0 Å². The Balaban J connectivity index is 1.92. The zero-order valence-corrected chi connectivity index (χ0v) is 20.8. The summed E-state index contributed by atoms with van der Waals surface area (Å²) >= 11 is 0. The van der Waals surface area contributed by atoms with Crippen LogP contribution in [0.25, 0.3) is 0 Å². The quantitative estimate of drug-likeness (QED) is 0.610. The van der Waals surface area contributed by atoms with Gasteiger partial charge in [-0.15, -0.1) is 0 Å². The number of esters is 1. The highest BCUT2D eigenvalue weighted by atomic mass is 16.6. The average molecular weight is 459 g/mol. The molecule has 0 radical (unpaired) electrons. The van der Waals surface area contributed by atoms with Crippen LogP contribution in [0.3, 0.4) is 0 Å². The van der Waals surface area contributed by atoms with Gasteiger partial charge in [0, 0.05) is 12.8 Å². The molecular formula is C27H38O6. The first kappa shape index (κ1) is 25.6. The maximum Gasteiger partial charge on any atom is 0.311 e. The third-order valence-electron chi connectivity index (χ3n) is 7.51. The first-order valence-corrected chi connectivity index (χ1v) is 12.1. The van der Waals surface area contributed by atoms with Crippen molar-refractivity contribution in [1.29, 1.82) is 0 Å². The Morgan fingerprint density at radius 3 is 2.30 bits per heavy atom. The fraction of sp³-hybridized carbons (Fsp3) is 0.667. The SMILES string of the molecule is CC[C@H]1OC(=O)[C@H](C)[C@@H](OCc2ccccc2)CC(=O)[C@]2(C)C[C@@H](C)[C@@H](CC(=O)C1(C)C)O2. The minimum absolute atomic E-state index is 0.0144. The van der Waals surface area contributed by atoms with Gasteiger partial charge in [-0.3, -0.25) is 14.4 Å². The molecule has 6 nitrogen and oxygen atoms in total. The number of hydrogen-bond donors (Lipinski definition) is 0. The summed E-state index contributed by atoms with van der Waals surface area (Å²) in [5.41, 5.74) is -0.890. The van der Waals surface area contributed by atoms with E-state index in [0.717, 1.165) is 5.56 Å². The van der Waals surface area contributed by atoms with Crippen molar-refractivity contribution < 1.29 is 28.6 Å². The molecule has 33 heavy (non-hydrogen) atoms. The highest BCUT2D eigenvalue weighted by Crippen LogP contribution is 2.41. The highest BCUT2D eigenvalue weighted by molar-refractivity contribution is 5.89. The van der Waals surface area contributed by atoms with Crippen molar-refractivity contribution >= 4 is 17.5 Å². The highest BCUT2D eigenvalue weighted by Gasteiger charge is 2.50. The van der Waals surface area contributed by atoms with Crippen molar-refractivity contribution in [3.8, 4) is 0 Å². The first-order chi connectivity index (χ1) is 15.5. The van der Waals surface area contributed by atoms with Crippen molar-refractivity contribution in [2.45, 2.75) is 97.7 Å². The number of rotatable bonds is 4. The molecule has 1 aromatic carbocycles. The monoisotopic (exact) mass is 458 g/mol. The summed E-state index contributed by atoms with van der Waals surface area (Å²) in [6.07, 6.45) is -0.232. The first-order valence-electron chi connectivity index (χ1n) is 12.1. The molecule has 2 fully saturated rings. The summed E-state index contributed by atoms with van der Waals surface area (Å²) in [7, 11) is 0. The number of carbonyl (C=O) groups excluding carboxylic acids is 3. The van der Waals surface area contributed by atoms with Crippen LogP contribution in [0.15, 0.2) is 30.3 Å². The maximum absolute atomic E-state index is 13.4. The molecule has 2 heterocycles. The van der Waals surface area contributed by atoms with Gasteiger partial charge in [0.05, 0.1) is 30.1 Å². The van der Waals surface area contributed by atoms with Gasteiger partial charge in [-0.2, -0.15) is 0 Å². The standard InChI is InChI=1S/C27H38O6/c1-7-24-26(4,5)22(28)13-20-17(2)15-27(6,33-20)23(29)14-21(18(3)25(30)32-24)31-16-19-11-9-8-10-12-19/h8-12,17-18,20-21,24H,7,13-16H2,1-6H3/t17-,18-,20-,21+,24-,27+/m1/s1. The molecule has 6 heteroatoms. The summed E-state index contributed by atoms with van der Waals surface area (Å²) in [6.45, 7) is 11.4. The van der Waals surface area contributed by atoms with E-state index in [-0.39, 0.29) is 43.0 Å². The largest absolute Gasteiger partial charge is 0.461 e. The van der Waals surface area contributed by atoms with Gasteiger partial charge in [-0.25, -0.2) is 0 Å². The number of ketones is 2. The minimum atomic E-state index is -0.995. The second kappa shape index (κ2) is 10.1. The van der Waals surface area contributed by atoms with E-state index in [4.69, 9.17) is 14.2 Å². The molecule has 2 aliphatic rings. The summed E-state index contributed by atoms with van der Waals surface area (Å²) in [5.74, 6) is -1.16. The number of cyclic esters (lactones) is 1. The average Bonchev–Trinajstić information content (AvgIpc) is 3.08. The topological polar surface area (TPSA) is 78.9 Å². The molecule has 0 spiro atoms. The van der Waals surface area contributed by atoms with Gasteiger partial charge in [0.15, 0.2) is 5.78 Å². The molecule has 0 aromatic heterocycles. The second-order valence-electron chi connectivity index (χ2n) is 10.5. The summed E-state index contributed by atoms with van der Waals surface area (Å²) < 4.78 is 18.2. The molecule has 0 unspecified atom stereocenters. The van der Waals surface area contributed by atoms with E-state index in [9.17, 15) is 14.4 Å². The molecule has 1 aromatic rings. The molecule has 6 atom stereocenters. The van der Waals surface area contributed by atoms with Crippen LogP contribution in [0.4, 0.5) is 0 Å². The van der Waals surface area contributed by atoms with Crippen LogP contribution >= 0.6 is 0 Å². The molecule has 3 rings (SSSR count). The fourth-order valence-electron chi connectivity index (χ4n) is 4.99. The third-order valence-corrected chi connectivity index (χ3v) is 7.51. The van der Waals surface area contributed by atoms with Crippen LogP contribution in [0.5, 0.6) is 0 Å². The van der Waals surface area contributed by atoms with Crippen molar-refractivity contribution in [3.63, 3.8) is 0 Å². The van der Waals surface area contributed by atoms with Gasteiger partial charge in [0.1, 0.15) is 17.5 Å². The van der Waals surface area contributed by atoms with Crippen molar-refractivity contribution in [2.75, 3.05) is 0 Å². The van der Waals surface area contributed by atoms with Gasteiger partial charge in [-0.05, 0) is 52.0 Å². The molecule has 2 bridgehead atoms. The van der Waals surface area contributed by atoms with E-state index in [1.54, 1.807) is 13.8 Å². The lowest BCUT2D eigenvalue weighted by Gasteiger charge is -2.34. The molecule has 0 N–H and O–H groups in total. The second-order valence-corrected chi connectivity index (χ2v) is 10.5. The smallest absolute Gasteiger partial charge is 0.311 e. The molecule has 0 aliphatic carbocycles. The van der Waals surface area contributed by atoms with Gasteiger partial charge < -0.3 is 14.2 Å². The van der Waals surface area contributed by atoms with Crippen molar-refractivity contribution in [2.24, 2.45) is 17.3 Å². The lowest BCUT2D eigenvalue weighted by Crippen LogP contribution is -2.43. The number of hydrogen-bond acceptors (Lipinski definition) is 6. The van der Waals surface area contributed by atoms with Crippen LogP contribution in [-0.2, 0) is 35.2 Å². The Kier molecular flexibility index (Phi) is 7.80. The van der Waals surface area contributed by atoms with E-state index < -0.39 is 35.1 Å². The van der Waals surface area contributed by atoms with Gasteiger partial charge in [0.25, 0.3) is 0 Å². The maximum atomic E-state index is 13.4. The van der Waals surface area contributed by atoms with E-state index in [1.165, 1.54) is 0 Å². The van der Waals surface area contributed by atoms with E-state index in [0.29, 0.717) is 12.8 Å². The van der Waals surface area contributed by atoms with Gasteiger partial charge in [0.2, 0.25) is 0 Å². The van der Waals surface area contributed by atoms with Gasteiger partial charge >= 0.3 is 5.97 Å². The number of fused-ring (bicyclic) bond motifs is 2. The van der Waals surface area contributed by atoms with Crippen molar-refractivity contribution in [3.05, 3.63) is 35.9 Å². The molecular weight excluding hydrogens is 420 g/mol. The van der Waals surface area contributed by atoms with E-state index >= 15 is 0 Å². The third kappa shape index (κ3) is 5.55. The van der Waals surface area contributed by atoms with Crippen LogP contribution in [0.2, 0.25) is 0 Å². The Labute approximate surface area is 197 Å². The van der Waals surface area contributed by atoms with Gasteiger partial charge in [-0.1, -0.05) is 44.2 Å². The molecule has 2 saturated heterocycles. The van der Waals surface area contributed by atoms with E-state index in [1.807, 2.05) is 58.0 Å². The van der Waals surface area contributed by atoms with E-state index in [2.05, 4.69) is 0 Å². The summed E-state index contributed by atoms with van der Waals surface area (Å²) in [5, 5.41) is 0. The Morgan fingerprint density at radius 1 is 1.00 bits per heavy atom. The fourth-order valence-corrected chi connectivity index (χ4v) is 4.99. The number of carbonyl (C=O) groups is 3. The Morgan fingerprint density at radius 2 is 1.67 bits per heavy atom. The van der Waals surface area contributed by atoms with Crippen LogP contribution in [0.1, 0.15) is 72.8 Å². The molecule has 0 saturated carbocycles. The summed E-state index contributed by atoms with van der Waals surface area (Å²) in [4.78, 5) is 39.8. The number of ether oxygens (including phenoxy) is 3. The van der Waals surface area contributed by atoms with Crippen LogP contribution in [0, 0.1) is 17.3 Å².